The third-order valence-corrected chi connectivity index (χ3v) is 19.6. The highest BCUT2D eigenvalue weighted by Crippen LogP contribution is 2.63. The van der Waals surface area contributed by atoms with Crippen molar-refractivity contribution in [3.63, 3.8) is 0 Å². The Morgan fingerprint density at radius 1 is 0.506 bits per heavy atom. The van der Waals surface area contributed by atoms with Gasteiger partial charge in [0.05, 0.1) is 29.5 Å². The van der Waals surface area contributed by atoms with Gasteiger partial charge in [-0.15, -0.1) is 0 Å². The lowest BCUT2D eigenvalue weighted by atomic mass is 9.73. The van der Waals surface area contributed by atoms with Crippen LogP contribution in [-0.2, 0) is 16.2 Å². The third-order valence-electron chi connectivity index (χ3n) is 19.6. The second-order valence-electron chi connectivity index (χ2n) is 25.8. The minimum absolute atomic E-state index is 0.0212. The molecule has 2 aliphatic carbocycles. The van der Waals surface area contributed by atoms with Gasteiger partial charge in [-0.25, -0.2) is 0 Å². The largest absolute Gasteiger partial charge is 0.497 e. The Kier molecular flexibility index (Phi) is 12.7. The lowest BCUT2D eigenvalue weighted by molar-refractivity contribution is -0.00604. The number of aryl methyl sites for hydroxylation is 3. The quantitative estimate of drug-likeness (QED) is 0.102. The number of para-hydroxylation sites is 2. The molecule has 0 bridgehead atoms. The van der Waals surface area contributed by atoms with Crippen molar-refractivity contribution < 1.29 is 19.0 Å². The van der Waals surface area contributed by atoms with E-state index in [1.54, 1.807) is 7.11 Å². The minimum atomic E-state index is -0.319. The number of nitrogens with zero attached hydrogens (tertiary/aromatic N) is 2. The molecule has 6 heteroatoms. The SMILES string of the molecule is COc1ccc(C(C)(C)c2ccc3c4ccc(-c5ccc(OC67CC(Oc8ccc(C(C)(C)c9ccccc9)c(C)c8)C6C7)cc5C)cc4n(-c4ccc(C(=O)c5ccc(N6c7ccccc7C(C)(C)c7ccccc76)cc5)cc4)c3c2)c(C)c1. The maximum absolute atomic E-state index is 14.5. The number of hydrogen-bond acceptors (Lipinski definition) is 5. The standard InChI is InChI=1S/C79H72N2O4/c1-49-42-61(85-79-47-69(79)74(48-79)84-60-36-41-65(51(3)44-60)76(4,5)55-18-12-11-13-19-55)34-39-62(49)54-28-37-63-64-38-29-56(77(6,7)66-40-35-59(83-10)43-50(66)2)46-73(64)81(72(63)45-54)58-32-26-53(27-33-58)75(82)52-24-30-57(31-25-52)80-70-22-16-14-20-67(70)78(8,9)68-21-15-17-23-71(68)80/h11-46,69,74H,47-48H2,1-10H3. The van der Waals surface area contributed by atoms with Crippen LogP contribution in [0.1, 0.15) is 120 Å². The number of benzene rings is 10. The fraction of sp³-hybridized carbons (Fsp3) is 0.228. The number of rotatable bonds is 14. The second kappa shape index (κ2) is 20.0. The number of hydrogen-bond donors (Lipinski definition) is 0. The monoisotopic (exact) mass is 1110 g/mol. The zero-order valence-corrected chi connectivity index (χ0v) is 50.4. The summed E-state index contributed by atoms with van der Waals surface area (Å²) in [6.07, 6.45) is 2.02. The van der Waals surface area contributed by atoms with Crippen molar-refractivity contribution in [3.05, 3.63) is 280 Å². The molecule has 2 heterocycles. The molecule has 0 spiro atoms. The summed E-state index contributed by atoms with van der Waals surface area (Å²) in [7, 11) is 1.72. The van der Waals surface area contributed by atoms with Gasteiger partial charge in [0.15, 0.2) is 5.78 Å². The maximum atomic E-state index is 14.5. The predicted molar refractivity (Wildman–Crippen MR) is 348 cm³/mol. The Labute approximate surface area is 500 Å². The van der Waals surface area contributed by atoms with Gasteiger partial charge in [0.2, 0.25) is 0 Å². The molecule has 2 saturated carbocycles. The van der Waals surface area contributed by atoms with Crippen LogP contribution in [0.3, 0.4) is 0 Å². The summed E-state index contributed by atoms with van der Waals surface area (Å²) in [5, 5.41) is 2.32. The number of carbonyl (C=O) groups is 1. The van der Waals surface area contributed by atoms with Crippen molar-refractivity contribution >= 4 is 44.7 Å². The van der Waals surface area contributed by atoms with E-state index >= 15 is 0 Å². The molecule has 1 aromatic heterocycles. The molecule has 85 heavy (non-hydrogen) atoms. The first-order chi connectivity index (χ1) is 40.9. The molecule has 422 valence electrons. The smallest absolute Gasteiger partial charge is 0.193 e. The molecular formula is C79H72N2O4. The van der Waals surface area contributed by atoms with Gasteiger partial charge in [0.25, 0.3) is 0 Å². The van der Waals surface area contributed by atoms with Gasteiger partial charge in [0, 0.05) is 61.9 Å². The Morgan fingerprint density at radius 2 is 1.05 bits per heavy atom. The molecule has 3 aliphatic rings. The fourth-order valence-corrected chi connectivity index (χ4v) is 14.6. The van der Waals surface area contributed by atoms with Crippen molar-refractivity contribution in [3.8, 4) is 34.1 Å². The van der Waals surface area contributed by atoms with Crippen LogP contribution in [0.15, 0.2) is 218 Å². The first kappa shape index (κ1) is 53.8. The van der Waals surface area contributed by atoms with Crippen molar-refractivity contribution in [1.82, 2.24) is 4.57 Å². The number of aromatic nitrogens is 1. The first-order valence-corrected chi connectivity index (χ1v) is 30.1. The predicted octanol–water partition coefficient (Wildman–Crippen LogP) is 19.4. The van der Waals surface area contributed by atoms with Gasteiger partial charge in [-0.1, -0.05) is 151 Å². The van der Waals surface area contributed by atoms with E-state index in [2.05, 4.69) is 266 Å². The van der Waals surface area contributed by atoms with Crippen LogP contribution in [0.5, 0.6) is 17.2 Å². The third kappa shape index (κ3) is 8.94. The highest BCUT2D eigenvalue weighted by Gasteiger charge is 2.71. The van der Waals surface area contributed by atoms with E-state index in [1.165, 1.54) is 44.5 Å². The lowest BCUT2D eigenvalue weighted by Gasteiger charge is -2.42. The minimum Gasteiger partial charge on any atom is -0.497 e. The summed E-state index contributed by atoms with van der Waals surface area (Å²) in [5.41, 5.74) is 20.5. The van der Waals surface area contributed by atoms with E-state index < -0.39 is 0 Å². The number of methoxy groups -OCH3 is 1. The zero-order chi connectivity index (χ0) is 58.7. The van der Waals surface area contributed by atoms with E-state index in [4.69, 9.17) is 14.2 Å². The zero-order valence-electron chi connectivity index (χ0n) is 50.4. The highest BCUT2D eigenvalue weighted by molar-refractivity contribution is 6.11. The first-order valence-electron chi connectivity index (χ1n) is 30.1. The summed E-state index contributed by atoms with van der Waals surface area (Å²) in [6.45, 7) is 20.3. The summed E-state index contributed by atoms with van der Waals surface area (Å²) >= 11 is 0. The van der Waals surface area contributed by atoms with Crippen LogP contribution in [0, 0.1) is 26.7 Å². The Balaban J connectivity index is 0.750. The molecule has 3 unspecified atom stereocenters. The molecule has 0 N–H and O–H groups in total. The van der Waals surface area contributed by atoms with Crippen LogP contribution < -0.4 is 19.1 Å². The van der Waals surface area contributed by atoms with E-state index in [0.29, 0.717) is 17.0 Å². The molecule has 10 aromatic carbocycles. The van der Waals surface area contributed by atoms with Gasteiger partial charge in [-0.2, -0.15) is 0 Å². The van der Waals surface area contributed by atoms with E-state index in [0.717, 1.165) is 91.3 Å². The molecule has 3 atom stereocenters. The van der Waals surface area contributed by atoms with E-state index in [1.807, 2.05) is 24.3 Å². The average Bonchev–Trinajstić information content (AvgIpc) is 1.66. The van der Waals surface area contributed by atoms with Crippen LogP contribution >= 0.6 is 0 Å². The maximum Gasteiger partial charge on any atom is 0.193 e. The Morgan fingerprint density at radius 3 is 1.66 bits per heavy atom. The molecular weight excluding hydrogens is 1040 g/mol. The van der Waals surface area contributed by atoms with E-state index in [-0.39, 0.29) is 33.7 Å². The van der Waals surface area contributed by atoms with Crippen molar-refractivity contribution in [2.45, 2.75) is 103 Å². The van der Waals surface area contributed by atoms with Crippen LogP contribution in [0.4, 0.5) is 17.1 Å². The highest BCUT2D eigenvalue weighted by atomic mass is 16.5. The summed E-state index contributed by atoms with van der Waals surface area (Å²) < 4.78 is 21.5. The normalized spacial score (nSPS) is 17.6. The number of fused-ring (bicyclic) bond motifs is 6. The molecule has 2 fully saturated rings. The number of anilines is 3. The van der Waals surface area contributed by atoms with Gasteiger partial charge in [-0.3, -0.25) is 4.79 Å². The second-order valence-corrected chi connectivity index (χ2v) is 25.8. The van der Waals surface area contributed by atoms with Gasteiger partial charge in [0.1, 0.15) is 29.0 Å². The molecule has 11 aromatic rings. The Bertz CT molecular complexity index is 4400. The molecule has 0 radical (unpaired) electrons. The average molecular weight is 1110 g/mol. The van der Waals surface area contributed by atoms with Crippen LogP contribution in [0.25, 0.3) is 38.6 Å². The molecule has 0 saturated heterocycles. The molecule has 6 nitrogen and oxygen atoms in total. The fourth-order valence-electron chi connectivity index (χ4n) is 14.6. The van der Waals surface area contributed by atoms with Crippen LogP contribution in [-0.4, -0.2) is 29.2 Å². The number of ketones is 1. The summed E-state index contributed by atoms with van der Waals surface area (Å²) in [5.74, 6) is 3.03. The topological polar surface area (TPSA) is 52.9 Å². The van der Waals surface area contributed by atoms with Crippen molar-refractivity contribution in [2.75, 3.05) is 12.0 Å². The van der Waals surface area contributed by atoms with Gasteiger partial charge < -0.3 is 23.7 Å². The van der Waals surface area contributed by atoms with Gasteiger partial charge in [-0.05, 0) is 198 Å². The van der Waals surface area contributed by atoms with Crippen LogP contribution in [0.2, 0.25) is 0 Å². The van der Waals surface area contributed by atoms with Crippen molar-refractivity contribution in [1.29, 1.82) is 0 Å². The number of carbonyl (C=O) groups excluding carboxylic acids is 1. The van der Waals surface area contributed by atoms with Gasteiger partial charge >= 0.3 is 0 Å². The molecule has 14 rings (SSSR count). The summed E-state index contributed by atoms with van der Waals surface area (Å²) in [4.78, 5) is 16.8. The van der Waals surface area contributed by atoms with Crippen molar-refractivity contribution in [2.24, 2.45) is 5.92 Å². The molecule has 1 aliphatic heterocycles. The Hall–Kier alpha value is -9.13. The lowest BCUT2D eigenvalue weighted by Crippen LogP contribution is -2.44. The summed E-state index contributed by atoms with van der Waals surface area (Å²) in [6, 6.07) is 77.6. The molecule has 0 amide bonds. The van der Waals surface area contributed by atoms with E-state index in [9.17, 15) is 4.79 Å². The number of ether oxygens (including phenoxy) is 3.